The number of hydrogen-bond acceptors (Lipinski definition) is 6. The number of benzene rings is 2. The highest BCUT2D eigenvalue weighted by Crippen LogP contribution is 2.41. The number of piperidine rings is 1. The molecule has 3 aliphatic heterocycles. The molecule has 0 aromatic heterocycles. The van der Waals surface area contributed by atoms with Gasteiger partial charge in [0.05, 0.1) is 13.2 Å². The van der Waals surface area contributed by atoms with Crippen LogP contribution in [-0.4, -0.2) is 49.0 Å². The van der Waals surface area contributed by atoms with Crippen molar-refractivity contribution < 1.29 is 28.2 Å². The second-order valence-corrected chi connectivity index (χ2v) is 9.77. The van der Waals surface area contributed by atoms with E-state index < -0.39 is 5.60 Å². The Kier molecular flexibility index (Phi) is 6.73. The monoisotopic (exact) mass is 468 g/mol. The summed E-state index contributed by atoms with van der Waals surface area (Å²) in [4.78, 5) is 32.8. The predicted octanol–water partition coefficient (Wildman–Crippen LogP) is 4.29. The summed E-state index contributed by atoms with van der Waals surface area (Å²) in [5.74, 6) is 0.147. The van der Waals surface area contributed by atoms with Crippen molar-refractivity contribution in [2.45, 2.75) is 50.7 Å². The van der Waals surface area contributed by atoms with Crippen LogP contribution in [0.15, 0.2) is 42.5 Å². The van der Waals surface area contributed by atoms with Gasteiger partial charge in [-0.3, -0.25) is 9.80 Å². The Hall–Kier alpha value is -3.22. The molecule has 2 aromatic rings. The largest absolute Gasteiger partial charge is 0.490 e. The first-order chi connectivity index (χ1) is 16.3. The van der Waals surface area contributed by atoms with Gasteiger partial charge in [-0.15, -0.1) is 0 Å². The third kappa shape index (κ3) is 4.83. The summed E-state index contributed by atoms with van der Waals surface area (Å²) in [7, 11) is 0. The molecule has 5 rings (SSSR count). The molecule has 180 valence electrons. The first-order valence-corrected chi connectivity index (χ1v) is 11.5. The van der Waals surface area contributed by atoms with Gasteiger partial charge in [-0.1, -0.05) is 38.1 Å². The van der Waals surface area contributed by atoms with Crippen molar-refractivity contribution >= 4 is 17.9 Å². The maximum Gasteiger partial charge on any atom is 0.415 e. The Balaban J connectivity index is 0.000000868. The van der Waals surface area contributed by atoms with Crippen molar-refractivity contribution in [2.75, 3.05) is 31.1 Å². The van der Waals surface area contributed by atoms with E-state index >= 15 is 0 Å². The Morgan fingerprint density at radius 2 is 1.74 bits per heavy atom. The molecule has 0 N–H and O–H groups in total. The van der Waals surface area contributed by atoms with Crippen molar-refractivity contribution in [3.05, 3.63) is 59.4 Å². The Morgan fingerprint density at radius 1 is 1.06 bits per heavy atom. The molecule has 0 atom stereocenters. The fourth-order valence-corrected chi connectivity index (χ4v) is 5.00. The van der Waals surface area contributed by atoms with E-state index in [1.54, 1.807) is 11.0 Å². The zero-order valence-corrected chi connectivity index (χ0v) is 19.5. The lowest BCUT2D eigenvalue weighted by Crippen LogP contribution is -2.46. The van der Waals surface area contributed by atoms with Gasteiger partial charge in [0, 0.05) is 43.7 Å². The Labute approximate surface area is 198 Å². The molecular formula is C26H29FN2O5. The summed E-state index contributed by atoms with van der Waals surface area (Å²) in [5.41, 5.74) is 2.29. The average molecular weight is 469 g/mol. The van der Waals surface area contributed by atoms with Gasteiger partial charge in [-0.2, -0.15) is 9.59 Å². The van der Waals surface area contributed by atoms with Crippen LogP contribution >= 0.6 is 0 Å². The first-order valence-electron chi connectivity index (χ1n) is 11.5. The normalized spacial score (nSPS) is 20.4. The number of carbonyl (C=O) groups is 1. The number of ether oxygens (including phenoxy) is 2. The maximum atomic E-state index is 14.7. The molecule has 1 amide bonds. The molecule has 0 aliphatic carbocycles. The van der Waals surface area contributed by atoms with E-state index in [0.29, 0.717) is 25.4 Å². The number of amides is 1. The molecule has 7 nitrogen and oxygen atoms in total. The summed E-state index contributed by atoms with van der Waals surface area (Å²) in [5, 5.41) is 0. The molecule has 3 aliphatic rings. The number of fused-ring (bicyclic) bond motifs is 1. The van der Waals surface area contributed by atoms with E-state index in [0.717, 1.165) is 49.2 Å². The van der Waals surface area contributed by atoms with Crippen molar-refractivity contribution in [1.29, 1.82) is 0 Å². The molecule has 8 heteroatoms. The SMILES string of the molecule is CC1(C)CCOc2c(F)cc(CN3CCC4(CC3)CN(c3ccccc3)C(=O)O4)cc21.O=C=O. The minimum absolute atomic E-state index is 0.0880. The van der Waals surface area contributed by atoms with E-state index in [9.17, 15) is 9.18 Å². The molecule has 0 saturated carbocycles. The van der Waals surface area contributed by atoms with Crippen LogP contribution in [0.5, 0.6) is 5.75 Å². The molecule has 2 fully saturated rings. The number of likely N-dealkylation sites (tertiary alicyclic amines) is 1. The van der Waals surface area contributed by atoms with Gasteiger partial charge < -0.3 is 9.47 Å². The zero-order chi connectivity index (χ0) is 24.3. The summed E-state index contributed by atoms with van der Waals surface area (Å²) in [6, 6.07) is 13.4. The number of anilines is 1. The maximum absolute atomic E-state index is 14.7. The van der Waals surface area contributed by atoms with E-state index in [2.05, 4.69) is 24.8 Å². The molecular weight excluding hydrogens is 439 g/mol. The molecule has 0 radical (unpaired) electrons. The highest BCUT2D eigenvalue weighted by Gasteiger charge is 2.47. The van der Waals surface area contributed by atoms with Gasteiger partial charge in [0.2, 0.25) is 0 Å². The topological polar surface area (TPSA) is 76.2 Å². The predicted molar refractivity (Wildman–Crippen MR) is 122 cm³/mol. The third-order valence-electron chi connectivity index (χ3n) is 7.02. The van der Waals surface area contributed by atoms with Crippen LogP contribution in [0.4, 0.5) is 14.9 Å². The summed E-state index contributed by atoms with van der Waals surface area (Å²) < 4.78 is 26.2. The van der Waals surface area contributed by atoms with Crippen molar-refractivity contribution in [1.82, 2.24) is 4.90 Å². The number of para-hydroxylation sites is 1. The van der Waals surface area contributed by atoms with Crippen molar-refractivity contribution in [3.63, 3.8) is 0 Å². The molecule has 0 bridgehead atoms. The highest BCUT2D eigenvalue weighted by atomic mass is 19.1. The van der Waals surface area contributed by atoms with Gasteiger partial charge in [0.25, 0.3) is 0 Å². The van der Waals surface area contributed by atoms with E-state index in [1.165, 1.54) is 0 Å². The van der Waals surface area contributed by atoms with Crippen LogP contribution in [-0.2, 0) is 26.3 Å². The molecule has 2 saturated heterocycles. The molecule has 34 heavy (non-hydrogen) atoms. The van der Waals surface area contributed by atoms with Gasteiger partial charge in [-0.25, -0.2) is 9.18 Å². The summed E-state index contributed by atoms with van der Waals surface area (Å²) in [6.45, 7) is 7.76. The first kappa shape index (κ1) is 23.9. The number of halogens is 1. The lowest BCUT2D eigenvalue weighted by Gasteiger charge is -2.38. The Bertz CT molecular complexity index is 1070. The van der Waals surface area contributed by atoms with Crippen LogP contribution in [0.2, 0.25) is 0 Å². The van der Waals surface area contributed by atoms with Gasteiger partial charge >= 0.3 is 12.2 Å². The minimum Gasteiger partial charge on any atom is -0.490 e. The van der Waals surface area contributed by atoms with Gasteiger partial charge in [0.1, 0.15) is 5.60 Å². The van der Waals surface area contributed by atoms with Crippen LogP contribution in [0.25, 0.3) is 0 Å². The lowest BCUT2D eigenvalue weighted by molar-refractivity contribution is -0.191. The number of hydrogen-bond donors (Lipinski definition) is 0. The fourth-order valence-electron chi connectivity index (χ4n) is 5.00. The van der Waals surface area contributed by atoms with Crippen LogP contribution in [0, 0.1) is 5.82 Å². The van der Waals surface area contributed by atoms with Gasteiger partial charge in [-0.05, 0) is 35.6 Å². The quantitative estimate of drug-likeness (QED) is 0.669. The third-order valence-corrected chi connectivity index (χ3v) is 7.02. The average Bonchev–Trinajstić information content (AvgIpc) is 3.13. The van der Waals surface area contributed by atoms with E-state index in [1.807, 2.05) is 30.3 Å². The fraction of sp³-hybridized carbons (Fsp3) is 0.462. The minimum atomic E-state index is -0.430. The van der Waals surface area contributed by atoms with Crippen LogP contribution in [0.1, 0.15) is 44.2 Å². The molecule has 0 unspecified atom stereocenters. The van der Waals surface area contributed by atoms with Crippen LogP contribution < -0.4 is 9.64 Å². The number of carbonyl (C=O) groups excluding carboxylic acids is 3. The molecule has 1 spiro atoms. The molecule has 3 heterocycles. The van der Waals surface area contributed by atoms with Crippen molar-refractivity contribution in [2.24, 2.45) is 0 Å². The summed E-state index contributed by atoms with van der Waals surface area (Å²) in [6.07, 6.45) is 2.44. The van der Waals surface area contributed by atoms with E-state index in [4.69, 9.17) is 19.1 Å². The smallest absolute Gasteiger partial charge is 0.415 e. The Morgan fingerprint density at radius 3 is 2.41 bits per heavy atom. The highest BCUT2D eigenvalue weighted by molar-refractivity contribution is 5.90. The number of rotatable bonds is 3. The van der Waals surface area contributed by atoms with Crippen LogP contribution in [0.3, 0.4) is 0 Å². The zero-order valence-electron chi connectivity index (χ0n) is 19.5. The second-order valence-electron chi connectivity index (χ2n) is 9.77. The standard InChI is InChI=1S/C25H29FN2O3.CO2/c1-24(2)10-13-30-22-20(24)14-18(15-21(22)26)16-27-11-8-25(9-12-27)17-28(23(29)31-25)19-6-4-3-5-7-19;2-1-3/h3-7,14-15H,8-13,16-17H2,1-2H3;. The lowest BCUT2D eigenvalue weighted by atomic mass is 9.79. The number of nitrogens with zero attached hydrogens (tertiary/aromatic N) is 2. The summed E-state index contributed by atoms with van der Waals surface area (Å²) >= 11 is 0. The van der Waals surface area contributed by atoms with E-state index in [-0.39, 0.29) is 23.5 Å². The van der Waals surface area contributed by atoms with Gasteiger partial charge in [0.15, 0.2) is 11.6 Å². The second kappa shape index (κ2) is 9.57. The molecule has 2 aromatic carbocycles. The van der Waals surface area contributed by atoms with Crippen molar-refractivity contribution in [3.8, 4) is 5.75 Å².